The van der Waals surface area contributed by atoms with Crippen molar-refractivity contribution < 1.29 is 9.72 Å². The molecule has 2 fully saturated rings. The van der Waals surface area contributed by atoms with Gasteiger partial charge in [0.2, 0.25) is 5.91 Å². The molecule has 1 amide bonds. The third-order valence-corrected chi connectivity index (χ3v) is 4.99. The predicted octanol–water partition coefficient (Wildman–Crippen LogP) is 2.16. The molecule has 1 aromatic carbocycles. The van der Waals surface area contributed by atoms with Gasteiger partial charge in [0.15, 0.2) is 0 Å². The van der Waals surface area contributed by atoms with E-state index in [1.54, 1.807) is 18.2 Å². The summed E-state index contributed by atoms with van der Waals surface area (Å²) in [6.45, 7) is 3.62. The van der Waals surface area contributed by atoms with E-state index in [1.807, 2.05) is 4.90 Å². The molecule has 6 nitrogen and oxygen atoms in total. The number of benzene rings is 1. The van der Waals surface area contributed by atoms with E-state index >= 15 is 0 Å². The van der Waals surface area contributed by atoms with Gasteiger partial charge in [-0.1, -0.05) is 18.2 Å². The fraction of sp³-hybridized carbons (Fsp3) is 0.562. The van der Waals surface area contributed by atoms with Gasteiger partial charge in [-0.15, -0.1) is 12.4 Å². The van der Waals surface area contributed by atoms with Crippen LogP contribution >= 0.6 is 12.4 Å². The number of likely N-dealkylation sites (tertiary alicyclic amines) is 1. The van der Waals surface area contributed by atoms with Gasteiger partial charge in [-0.05, 0) is 37.8 Å². The molecule has 0 aliphatic carbocycles. The molecule has 2 aliphatic rings. The summed E-state index contributed by atoms with van der Waals surface area (Å²) in [5, 5.41) is 14.4. The van der Waals surface area contributed by atoms with Crippen LogP contribution in [0.15, 0.2) is 24.3 Å². The van der Waals surface area contributed by atoms with Gasteiger partial charge in [0.25, 0.3) is 5.69 Å². The van der Waals surface area contributed by atoms with Gasteiger partial charge < -0.3 is 10.2 Å². The summed E-state index contributed by atoms with van der Waals surface area (Å²) >= 11 is 0. The van der Waals surface area contributed by atoms with Crippen molar-refractivity contribution in [2.75, 3.05) is 26.2 Å². The number of nitrogens with one attached hydrogen (secondary N) is 1. The molecule has 0 bridgehead atoms. The monoisotopic (exact) mass is 339 g/mol. The molecular weight excluding hydrogens is 318 g/mol. The highest BCUT2D eigenvalue weighted by Gasteiger charge is 2.40. The molecule has 2 aliphatic heterocycles. The summed E-state index contributed by atoms with van der Waals surface area (Å²) in [6, 6.07) is 6.51. The fourth-order valence-electron chi connectivity index (χ4n) is 3.63. The van der Waals surface area contributed by atoms with Crippen LogP contribution in [0.2, 0.25) is 0 Å². The minimum atomic E-state index is -0.416. The zero-order chi connectivity index (χ0) is 15.6. The number of hydrogen-bond acceptors (Lipinski definition) is 4. The highest BCUT2D eigenvalue weighted by atomic mass is 35.5. The van der Waals surface area contributed by atoms with E-state index in [0.29, 0.717) is 5.56 Å². The molecule has 2 heterocycles. The van der Waals surface area contributed by atoms with Crippen molar-refractivity contribution in [1.29, 1.82) is 0 Å². The van der Waals surface area contributed by atoms with Gasteiger partial charge >= 0.3 is 0 Å². The van der Waals surface area contributed by atoms with Crippen LogP contribution in [0, 0.1) is 15.5 Å². The van der Waals surface area contributed by atoms with E-state index in [1.165, 1.54) is 6.07 Å². The number of hydrogen-bond donors (Lipinski definition) is 1. The SMILES string of the molecule is Cl.O=C(Cc1ccccc1[N+](=O)[O-])N1CCC2(CCNCC2)C1. The van der Waals surface area contributed by atoms with E-state index in [4.69, 9.17) is 0 Å². The van der Waals surface area contributed by atoms with E-state index in [-0.39, 0.29) is 35.8 Å². The quantitative estimate of drug-likeness (QED) is 0.676. The highest BCUT2D eigenvalue weighted by molar-refractivity contribution is 5.85. The standard InChI is InChI=1S/C16H21N3O3.ClH/c20-15(11-13-3-1-2-4-14(13)19(21)22)18-10-7-16(12-18)5-8-17-9-6-16;/h1-4,17H,5-12H2;1H. The van der Waals surface area contributed by atoms with Crippen LogP contribution in [-0.4, -0.2) is 41.9 Å². The smallest absolute Gasteiger partial charge is 0.273 e. The molecule has 126 valence electrons. The Labute approximate surface area is 141 Å². The lowest BCUT2D eigenvalue weighted by Crippen LogP contribution is -2.40. The maximum atomic E-state index is 12.5. The highest BCUT2D eigenvalue weighted by Crippen LogP contribution is 2.38. The molecule has 3 rings (SSSR count). The Morgan fingerprint density at radius 2 is 1.96 bits per heavy atom. The van der Waals surface area contributed by atoms with E-state index in [9.17, 15) is 14.9 Å². The van der Waals surface area contributed by atoms with Gasteiger partial charge in [0.1, 0.15) is 0 Å². The Morgan fingerprint density at radius 1 is 1.26 bits per heavy atom. The number of carbonyl (C=O) groups is 1. The van der Waals surface area contributed by atoms with Crippen molar-refractivity contribution in [3.05, 3.63) is 39.9 Å². The van der Waals surface area contributed by atoms with Crippen molar-refractivity contribution >= 4 is 24.0 Å². The molecule has 1 spiro atoms. The molecule has 7 heteroatoms. The lowest BCUT2D eigenvalue weighted by Gasteiger charge is -2.33. The first kappa shape index (κ1) is 17.7. The minimum absolute atomic E-state index is 0. The molecular formula is C16H22ClN3O3. The van der Waals surface area contributed by atoms with E-state index in [2.05, 4.69) is 5.32 Å². The normalized spacial score (nSPS) is 19.4. The molecule has 23 heavy (non-hydrogen) atoms. The Balaban J connectivity index is 0.00000192. The number of nitro benzene ring substituents is 1. The number of carbonyl (C=O) groups excluding carboxylic acids is 1. The maximum absolute atomic E-state index is 12.5. The van der Waals surface area contributed by atoms with Gasteiger partial charge in [-0.25, -0.2) is 0 Å². The second kappa shape index (κ2) is 7.27. The predicted molar refractivity (Wildman–Crippen MR) is 89.8 cm³/mol. The van der Waals surface area contributed by atoms with Crippen LogP contribution in [0.3, 0.4) is 0 Å². The molecule has 0 aromatic heterocycles. The molecule has 1 aromatic rings. The Kier molecular flexibility index (Phi) is 5.59. The summed E-state index contributed by atoms with van der Waals surface area (Å²) in [4.78, 5) is 25.0. The van der Waals surface area contributed by atoms with Crippen LogP contribution in [0.1, 0.15) is 24.8 Å². The lowest BCUT2D eigenvalue weighted by atomic mass is 9.78. The van der Waals surface area contributed by atoms with Crippen molar-refractivity contribution in [2.24, 2.45) is 5.41 Å². The first-order valence-corrected chi connectivity index (χ1v) is 7.80. The summed E-state index contributed by atoms with van der Waals surface area (Å²) in [7, 11) is 0. The van der Waals surface area contributed by atoms with Gasteiger partial charge in [-0.2, -0.15) is 0 Å². The van der Waals surface area contributed by atoms with Crippen LogP contribution in [0.5, 0.6) is 0 Å². The number of nitro groups is 1. The average molecular weight is 340 g/mol. The topological polar surface area (TPSA) is 75.5 Å². The summed E-state index contributed by atoms with van der Waals surface area (Å²) in [5.74, 6) is 0.00436. The fourth-order valence-corrected chi connectivity index (χ4v) is 3.63. The first-order valence-electron chi connectivity index (χ1n) is 7.80. The number of halogens is 1. The zero-order valence-electron chi connectivity index (χ0n) is 13.0. The molecule has 0 saturated carbocycles. The summed E-state index contributed by atoms with van der Waals surface area (Å²) in [6.07, 6.45) is 3.40. The average Bonchev–Trinajstić information content (AvgIpc) is 2.92. The second-order valence-electron chi connectivity index (χ2n) is 6.38. The first-order chi connectivity index (χ1) is 10.6. The van der Waals surface area contributed by atoms with Gasteiger partial charge in [-0.3, -0.25) is 14.9 Å². The molecule has 0 atom stereocenters. The van der Waals surface area contributed by atoms with Crippen LogP contribution in [-0.2, 0) is 11.2 Å². The second-order valence-corrected chi connectivity index (χ2v) is 6.38. The van der Waals surface area contributed by atoms with E-state index < -0.39 is 4.92 Å². The zero-order valence-corrected chi connectivity index (χ0v) is 13.8. The van der Waals surface area contributed by atoms with Gasteiger partial charge in [0.05, 0.1) is 11.3 Å². The lowest BCUT2D eigenvalue weighted by molar-refractivity contribution is -0.385. The maximum Gasteiger partial charge on any atom is 0.273 e. The Bertz CT molecular complexity index is 588. The molecule has 0 radical (unpaired) electrons. The Morgan fingerprint density at radius 3 is 2.65 bits per heavy atom. The molecule has 0 unspecified atom stereocenters. The number of piperidine rings is 1. The van der Waals surface area contributed by atoms with Crippen LogP contribution in [0.4, 0.5) is 5.69 Å². The van der Waals surface area contributed by atoms with Gasteiger partial charge in [0, 0.05) is 24.7 Å². The summed E-state index contributed by atoms with van der Waals surface area (Å²) < 4.78 is 0. The number of rotatable bonds is 3. The van der Waals surface area contributed by atoms with Crippen molar-refractivity contribution in [3.8, 4) is 0 Å². The van der Waals surface area contributed by atoms with Crippen LogP contribution < -0.4 is 5.32 Å². The van der Waals surface area contributed by atoms with Crippen molar-refractivity contribution in [3.63, 3.8) is 0 Å². The Hall–Kier alpha value is -1.66. The minimum Gasteiger partial charge on any atom is -0.342 e. The van der Waals surface area contributed by atoms with Crippen molar-refractivity contribution in [1.82, 2.24) is 10.2 Å². The largest absolute Gasteiger partial charge is 0.342 e. The third-order valence-electron chi connectivity index (χ3n) is 4.99. The van der Waals surface area contributed by atoms with E-state index in [0.717, 1.165) is 45.4 Å². The summed E-state index contributed by atoms with van der Waals surface area (Å²) in [5.41, 5.74) is 0.805. The van der Waals surface area contributed by atoms with Crippen LogP contribution in [0.25, 0.3) is 0 Å². The number of para-hydroxylation sites is 1. The van der Waals surface area contributed by atoms with Crippen molar-refractivity contribution in [2.45, 2.75) is 25.7 Å². The number of amides is 1. The third kappa shape index (κ3) is 3.82. The molecule has 2 saturated heterocycles. The number of nitrogens with zero attached hydrogens (tertiary/aromatic N) is 2. The molecule has 1 N–H and O–H groups in total.